The Bertz CT molecular complexity index is 580. The van der Waals surface area contributed by atoms with E-state index in [1.807, 2.05) is 0 Å². The first-order chi connectivity index (χ1) is 6.92. The summed E-state index contributed by atoms with van der Waals surface area (Å²) in [6, 6.07) is 4.67. The second-order valence-corrected chi connectivity index (χ2v) is 5.38. The van der Waals surface area contributed by atoms with Gasteiger partial charge in [-0.2, -0.15) is 0 Å². The number of benzene rings is 1. The molecule has 1 aromatic rings. The zero-order chi connectivity index (χ0) is 11.2. The summed E-state index contributed by atoms with van der Waals surface area (Å²) in [5, 5.41) is 1.24. The van der Waals surface area contributed by atoms with Crippen LogP contribution in [0.3, 0.4) is 0 Å². The van der Waals surface area contributed by atoms with Gasteiger partial charge in [0.15, 0.2) is 5.78 Å². The van der Waals surface area contributed by atoms with Crippen LogP contribution >= 0.6 is 0 Å². The minimum absolute atomic E-state index is 0.0603. The molecule has 0 amide bonds. The van der Waals surface area contributed by atoms with Gasteiger partial charge in [-0.15, -0.1) is 0 Å². The third-order valence-electron chi connectivity index (χ3n) is 2.45. The first-order valence-electron chi connectivity index (χ1n) is 4.50. The number of hydrogen-bond acceptors (Lipinski definition) is 3. The van der Waals surface area contributed by atoms with Gasteiger partial charge < -0.3 is 0 Å². The second kappa shape index (κ2) is 3.03. The molecule has 1 heterocycles. The van der Waals surface area contributed by atoms with Gasteiger partial charge in [0, 0.05) is 11.0 Å². The van der Waals surface area contributed by atoms with Gasteiger partial charge in [-0.3, -0.25) is 4.79 Å². The number of hydrogen-bond donors (Lipinski definition) is 0. The van der Waals surface area contributed by atoms with E-state index in [0.29, 0.717) is 21.6 Å². The molecule has 0 unspecified atom stereocenters. The summed E-state index contributed by atoms with van der Waals surface area (Å²) in [7, 11) is -3.27. The third-order valence-corrected chi connectivity index (χ3v) is 4.08. The van der Waals surface area contributed by atoms with Gasteiger partial charge in [-0.05, 0) is 37.1 Å². The van der Waals surface area contributed by atoms with Gasteiger partial charge in [-0.25, -0.2) is 8.42 Å². The summed E-state index contributed by atoms with van der Waals surface area (Å²) in [4.78, 5) is 11.4. The molecule has 0 radical (unpaired) electrons. The van der Waals surface area contributed by atoms with Gasteiger partial charge in [0.25, 0.3) is 0 Å². The fraction of sp³-hybridized carbons (Fsp3) is 0.182. The molecule has 0 spiro atoms. The molecule has 0 aliphatic carbocycles. The minimum Gasteiger partial charge on any atom is -0.295 e. The molecule has 4 heteroatoms. The lowest BCUT2D eigenvalue weighted by Crippen LogP contribution is -1.97. The van der Waals surface area contributed by atoms with E-state index >= 15 is 0 Å². The van der Waals surface area contributed by atoms with Gasteiger partial charge in [0.05, 0.1) is 4.90 Å². The van der Waals surface area contributed by atoms with Crippen molar-refractivity contribution < 1.29 is 13.2 Å². The number of allylic oxidation sites excluding steroid dienone is 1. The maximum atomic E-state index is 11.6. The number of sulfone groups is 1. The second-order valence-electron chi connectivity index (χ2n) is 3.61. The Kier molecular flexibility index (Phi) is 2.04. The molecule has 1 aromatic carbocycles. The van der Waals surface area contributed by atoms with Gasteiger partial charge >= 0.3 is 0 Å². The van der Waals surface area contributed by atoms with Crippen molar-refractivity contribution in [2.45, 2.75) is 18.7 Å². The first-order valence-corrected chi connectivity index (χ1v) is 6.05. The van der Waals surface area contributed by atoms with E-state index < -0.39 is 9.84 Å². The van der Waals surface area contributed by atoms with E-state index in [0.717, 1.165) is 0 Å². The highest BCUT2D eigenvalue weighted by Gasteiger charge is 2.24. The Labute approximate surface area is 88.3 Å². The smallest absolute Gasteiger partial charge is 0.200 e. The number of Topliss-reactive ketones (excluding diaryl/α,β-unsaturated/α-hetero) is 1. The Hall–Kier alpha value is -1.42. The van der Waals surface area contributed by atoms with Crippen LogP contribution in [0.15, 0.2) is 28.5 Å². The molecule has 15 heavy (non-hydrogen) atoms. The molecule has 3 nitrogen and oxygen atoms in total. The van der Waals surface area contributed by atoms with Crippen molar-refractivity contribution >= 4 is 21.2 Å². The van der Waals surface area contributed by atoms with Crippen molar-refractivity contribution in [3.05, 3.63) is 34.7 Å². The van der Waals surface area contributed by atoms with Crippen LogP contribution in [-0.4, -0.2) is 14.2 Å². The van der Waals surface area contributed by atoms with Crippen LogP contribution in [0, 0.1) is 0 Å². The molecule has 0 atom stereocenters. The van der Waals surface area contributed by atoms with Crippen LogP contribution in [0.25, 0.3) is 5.57 Å². The normalized spacial score (nSPS) is 17.1. The lowest BCUT2D eigenvalue weighted by Gasteiger charge is -2.02. The summed E-state index contributed by atoms with van der Waals surface area (Å²) in [6.07, 6.45) is 0. The van der Waals surface area contributed by atoms with E-state index in [1.165, 1.54) is 18.4 Å². The molecule has 0 saturated carbocycles. The Morgan fingerprint density at radius 2 is 1.93 bits per heavy atom. The Balaban J connectivity index is 2.72. The first kappa shape index (κ1) is 10.1. The maximum Gasteiger partial charge on any atom is 0.200 e. The van der Waals surface area contributed by atoms with Gasteiger partial charge in [0.2, 0.25) is 9.84 Å². The molecule has 1 aliphatic rings. The van der Waals surface area contributed by atoms with Crippen LogP contribution in [0.1, 0.15) is 29.8 Å². The van der Waals surface area contributed by atoms with Crippen LogP contribution in [0.2, 0.25) is 0 Å². The minimum atomic E-state index is -3.27. The van der Waals surface area contributed by atoms with Crippen molar-refractivity contribution in [2.24, 2.45) is 0 Å². The average Bonchev–Trinajstić information content (AvgIpc) is 2.37. The SMILES string of the molecule is CC(=O)c1ccc2c(c1)C(C)=CS2(=O)=O. The van der Waals surface area contributed by atoms with Crippen LogP contribution in [-0.2, 0) is 9.84 Å². The van der Waals surface area contributed by atoms with E-state index in [9.17, 15) is 13.2 Å². The zero-order valence-electron chi connectivity index (χ0n) is 8.44. The lowest BCUT2D eigenvalue weighted by atomic mass is 10.0. The molecule has 0 aromatic heterocycles. The largest absolute Gasteiger partial charge is 0.295 e. The van der Waals surface area contributed by atoms with Gasteiger partial charge in [-0.1, -0.05) is 6.07 Å². The van der Waals surface area contributed by atoms with Crippen LogP contribution in [0.5, 0.6) is 0 Å². The number of carbonyl (C=O) groups excluding carboxylic acids is 1. The summed E-state index contributed by atoms with van der Waals surface area (Å²) < 4.78 is 23.2. The topological polar surface area (TPSA) is 51.2 Å². The highest BCUT2D eigenvalue weighted by atomic mass is 32.2. The predicted molar refractivity (Wildman–Crippen MR) is 57.3 cm³/mol. The van der Waals surface area contributed by atoms with Crippen molar-refractivity contribution in [1.82, 2.24) is 0 Å². The molecular weight excluding hydrogens is 212 g/mol. The monoisotopic (exact) mass is 222 g/mol. The molecule has 78 valence electrons. The maximum absolute atomic E-state index is 11.6. The summed E-state index contributed by atoms with van der Waals surface area (Å²) in [6.45, 7) is 3.19. The summed E-state index contributed by atoms with van der Waals surface area (Å²) in [5.41, 5.74) is 1.87. The molecule has 2 rings (SSSR count). The van der Waals surface area contributed by atoms with Crippen molar-refractivity contribution in [3.63, 3.8) is 0 Å². The third kappa shape index (κ3) is 1.51. The van der Waals surface area contributed by atoms with E-state index in [-0.39, 0.29) is 5.78 Å². The Morgan fingerprint density at radius 1 is 1.27 bits per heavy atom. The van der Waals surface area contributed by atoms with E-state index in [1.54, 1.807) is 19.1 Å². The lowest BCUT2D eigenvalue weighted by molar-refractivity contribution is 0.101. The number of rotatable bonds is 1. The molecule has 1 aliphatic heterocycles. The zero-order valence-corrected chi connectivity index (χ0v) is 9.26. The number of fused-ring (bicyclic) bond motifs is 1. The average molecular weight is 222 g/mol. The quantitative estimate of drug-likeness (QED) is 0.683. The molecule has 0 fully saturated rings. The van der Waals surface area contributed by atoms with Crippen molar-refractivity contribution in [2.75, 3.05) is 0 Å². The molecular formula is C11H10O3S. The Morgan fingerprint density at radius 3 is 2.53 bits per heavy atom. The standard InChI is InChI=1S/C11H10O3S/c1-7-6-15(13,14)11-4-3-9(8(2)12)5-10(7)11/h3-6H,1-2H3. The fourth-order valence-corrected chi connectivity index (χ4v) is 3.17. The van der Waals surface area contributed by atoms with E-state index in [4.69, 9.17) is 0 Å². The van der Waals surface area contributed by atoms with Crippen LogP contribution < -0.4 is 0 Å². The highest BCUT2D eigenvalue weighted by Crippen LogP contribution is 2.33. The molecule has 0 N–H and O–H groups in total. The van der Waals surface area contributed by atoms with Crippen molar-refractivity contribution in [3.8, 4) is 0 Å². The van der Waals surface area contributed by atoms with Crippen molar-refractivity contribution in [1.29, 1.82) is 0 Å². The summed E-state index contributed by atoms with van der Waals surface area (Å²) >= 11 is 0. The highest BCUT2D eigenvalue weighted by molar-refractivity contribution is 7.95. The predicted octanol–water partition coefficient (Wildman–Crippen LogP) is 2.04. The molecule has 0 bridgehead atoms. The fourth-order valence-electron chi connectivity index (χ4n) is 1.66. The van der Waals surface area contributed by atoms with Gasteiger partial charge in [0.1, 0.15) is 0 Å². The number of carbonyl (C=O) groups is 1. The number of ketones is 1. The summed E-state index contributed by atoms with van der Waals surface area (Å²) in [5.74, 6) is -0.0603. The van der Waals surface area contributed by atoms with Crippen LogP contribution in [0.4, 0.5) is 0 Å². The van der Waals surface area contributed by atoms with E-state index in [2.05, 4.69) is 0 Å². The molecule has 0 saturated heterocycles.